The van der Waals surface area contributed by atoms with Gasteiger partial charge in [0.25, 0.3) is 0 Å². The summed E-state index contributed by atoms with van der Waals surface area (Å²) in [5, 5.41) is 5.58. The number of anilines is 2. The number of hydrogen-bond acceptors (Lipinski definition) is 3. The van der Waals surface area contributed by atoms with Crippen LogP contribution in [0, 0.1) is 18.6 Å². The van der Waals surface area contributed by atoms with Gasteiger partial charge < -0.3 is 15.1 Å². The van der Waals surface area contributed by atoms with Gasteiger partial charge in [0.2, 0.25) is 0 Å². The summed E-state index contributed by atoms with van der Waals surface area (Å²) in [5.74, 6) is -1.69. The van der Waals surface area contributed by atoms with Crippen molar-refractivity contribution in [1.82, 2.24) is 0 Å². The van der Waals surface area contributed by atoms with Gasteiger partial charge in [0.15, 0.2) is 0 Å². The van der Waals surface area contributed by atoms with Gasteiger partial charge in [-0.25, -0.2) is 18.4 Å². The second-order valence-corrected chi connectivity index (χ2v) is 8.13. The van der Waals surface area contributed by atoms with E-state index in [4.69, 9.17) is 4.42 Å². The highest BCUT2D eigenvalue weighted by molar-refractivity contribution is 6.07. The minimum absolute atomic E-state index is 0.0465. The Morgan fingerprint density at radius 3 is 2.48 bits per heavy atom. The van der Waals surface area contributed by atoms with Gasteiger partial charge >= 0.3 is 11.7 Å². The quantitative estimate of drug-likeness (QED) is 0.369. The normalized spacial score (nSPS) is 12.6. The molecule has 5 nitrogen and oxygen atoms in total. The second-order valence-electron chi connectivity index (χ2n) is 8.13. The average molecular weight is 446 g/mol. The molecule has 1 aromatic heterocycles. The lowest BCUT2D eigenvalue weighted by atomic mass is 9.94. The average Bonchev–Trinajstić information content (AvgIpc) is 3.23. The Balaban J connectivity index is 1.65. The van der Waals surface area contributed by atoms with Crippen molar-refractivity contribution in [2.75, 3.05) is 10.6 Å². The van der Waals surface area contributed by atoms with E-state index in [1.165, 1.54) is 5.56 Å². The minimum atomic E-state index is -0.926. The van der Waals surface area contributed by atoms with Gasteiger partial charge in [-0.3, -0.25) is 0 Å². The molecular formula is C26H20F2N2O3. The molecule has 2 amide bonds. The Bertz CT molecular complexity index is 1480. The lowest BCUT2D eigenvalue weighted by molar-refractivity contribution is 0.262. The number of carbonyl (C=O) groups excluding carboxylic acids is 1. The van der Waals surface area contributed by atoms with Gasteiger partial charge in [-0.1, -0.05) is 24.3 Å². The van der Waals surface area contributed by atoms with Crippen molar-refractivity contribution in [2.45, 2.75) is 26.2 Å². The van der Waals surface area contributed by atoms with E-state index in [1.807, 2.05) is 43.3 Å². The fourth-order valence-corrected chi connectivity index (χ4v) is 4.37. The van der Waals surface area contributed by atoms with E-state index in [0.29, 0.717) is 22.6 Å². The number of aryl methyl sites for hydroxylation is 3. The molecule has 0 saturated carbocycles. The molecule has 0 atom stereocenters. The van der Waals surface area contributed by atoms with Crippen LogP contribution in [-0.4, -0.2) is 6.03 Å². The molecule has 1 aliphatic carbocycles. The van der Waals surface area contributed by atoms with Crippen LogP contribution < -0.4 is 16.3 Å². The van der Waals surface area contributed by atoms with Gasteiger partial charge in [-0.15, -0.1) is 0 Å². The van der Waals surface area contributed by atoms with Crippen LogP contribution in [0.25, 0.3) is 22.1 Å². The van der Waals surface area contributed by atoms with Crippen molar-refractivity contribution >= 4 is 28.4 Å². The molecule has 4 aromatic rings. The number of hydrogen-bond donors (Lipinski definition) is 2. The van der Waals surface area contributed by atoms with Crippen LogP contribution in [0.1, 0.15) is 23.1 Å². The highest BCUT2D eigenvalue weighted by Crippen LogP contribution is 2.38. The molecule has 0 spiro atoms. The number of rotatable bonds is 3. The van der Waals surface area contributed by atoms with Crippen LogP contribution in [0.2, 0.25) is 0 Å². The van der Waals surface area contributed by atoms with E-state index in [9.17, 15) is 18.4 Å². The van der Waals surface area contributed by atoms with Crippen LogP contribution in [0.3, 0.4) is 0 Å². The fourth-order valence-electron chi connectivity index (χ4n) is 4.37. The summed E-state index contributed by atoms with van der Waals surface area (Å²) < 4.78 is 32.8. The largest absolute Gasteiger partial charge is 0.421 e. The highest BCUT2D eigenvalue weighted by Gasteiger charge is 2.22. The summed E-state index contributed by atoms with van der Waals surface area (Å²) in [6, 6.07) is 13.4. The number of fused-ring (bicyclic) bond motifs is 2. The van der Waals surface area contributed by atoms with Crippen LogP contribution in [0.4, 0.5) is 25.0 Å². The number of carbonyl (C=O) groups is 1. The molecule has 3 aromatic carbocycles. The van der Waals surface area contributed by atoms with Crippen molar-refractivity contribution in [3.8, 4) is 11.1 Å². The summed E-state index contributed by atoms with van der Waals surface area (Å²) in [5.41, 5.74) is 4.06. The van der Waals surface area contributed by atoms with Gasteiger partial charge in [0.05, 0.1) is 5.69 Å². The molecule has 33 heavy (non-hydrogen) atoms. The maximum Gasteiger partial charge on any atom is 0.360 e. The van der Waals surface area contributed by atoms with Crippen LogP contribution in [0.5, 0.6) is 0 Å². The van der Waals surface area contributed by atoms with Crippen molar-refractivity contribution in [1.29, 1.82) is 0 Å². The topological polar surface area (TPSA) is 71.3 Å². The monoisotopic (exact) mass is 446 g/mol. The predicted octanol–water partition coefficient (Wildman–Crippen LogP) is 6.18. The summed E-state index contributed by atoms with van der Waals surface area (Å²) in [6.07, 6.45) is 2.90. The molecule has 0 radical (unpaired) electrons. The van der Waals surface area contributed by atoms with E-state index in [2.05, 4.69) is 10.6 Å². The number of amides is 2. The number of benzene rings is 3. The minimum Gasteiger partial charge on any atom is -0.421 e. The molecule has 0 unspecified atom stereocenters. The predicted molar refractivity (Wildman–Crippen MR) is 124 cm³/mol. The Labute approximate surface area is 188 Å². The van der Waals surface area contributed by atoms with E-state index in [0.717, 1.165) is 48.1 Å². The smallest absolute Gasteiger partial charge is 0.360 e. The van der Waals surface area contributed by atoms with Crippen molar-refractivity contribution in [3.63, 3.8) is 0 Å². The Morgan fingerprint density at radius 2 is 1.73 bits per heavy atom. The number of urea groups is 1. The molecular weight excluding hydrogens is 426 g/mol. The lowest BCUT2D eigenvalue weighted by Gasteiger charge is -2.16. The molecule has 5 rings (SSSR count). The van der Waals surface area contributed by atoms with Gasteiger partial charge in [-0.2, -0.15) is 0 Å². The second kappa shape index (κ2) is 8.16. The molecule has 1 heterocycles. The highest BCUT2D eigenvalue weighted by atomic mass is 19.1. The number of nitrogens with one attached hydrogen (secondary N) is 2. The third-order valence-corrected chi connectivity index (χ3v) is 5.95. The Hall–Kier alpha value is -4.00. The van der Waals surface area contributed by atoms with Crippen LogP contribution in [-0.2, 0) is 12.8 Å². The Morgan fingerprint density at radius 1 is 0.970 bits per heavy atom. The zero-order valence-electron chi connectivity index (χ0n) is 17.8. The summed E-state index contributed by atoms with van der Waals surface area (Å²) in [6.45, 7) is 1.92. The van der Waals surface area contributed by atoms with E-state index < -0.39 is 23.3 Å². The summed E-state index contributed by atoms with van der Waals surface area (Å²) in [7, 11) is 0. The number of halogens is 2. The van der Waals surface area contributed by atoms with E-state index >= 15 is 0 Å². The first kappa shape index (κ1) is 20.9. The van der Waals surface area contributed by atoms with Crippen LogP contribution in [0.15, 0.2) is 63.8 Å². The fraction of sp³-hybridized carbons (Fsp3) is 0.154. The molecule has 0 fully saturated rings. The van der Waals surface area contributed by atoms with Crippen molar-refractivity contribution < 1.29 is 18.0 Å². The van der Waals surface area contributed by atoms with Crippen LogP contribution >= 0.6 is 0 Å². The van der Waals surface area contributed by atoms with E-state index in [-0.39, 0.29) is 11.4 Å². The molecule has 0 bridgehead atoms. The van der Waals surface area contributed by atoms with Gasteiger partial charge in [0.1, 0.15) is 22.9 Å². The molecule has 2 N–H and O–H groups in total. The molecule has 7 heteroatoms. The zero-order valence-corrected chi connectivity index (χ0v) is 17.8. The molecule has 166 valence electrons. The standard InChI is InChI=1S/C26H20F2N2O3/c1-14-5-2-3-8-18(14)23-19-11-15-6-4-7-16(15)12-22(19)33-25(31)24(23)30-26(32)29-21-10-9-17(27)13-20(21)28/h2-3,5,8-13H,4,6-7H2,1H3,(H2,29,30,32). The van der Waals surface area contributed by atoms with Crippen molar-refractivity contribution in [2.24, 2.45) is 0 Å². The van der Waals surface area contributed by atoms with Crippen molar-refractivity contribution in [3.05, 3.63) is 93.3 Å². The SMILES string of the molecule is Cc1ccccc1-c1c(NC(=O)Nc2ccc(F)cc2F)c(=O)oc2cc3c(cc12)CCC3. The van der Waals surface area contributed by atoms with Gasteiger partial charge in [-0.05, 0) is 72.7 Å². The first-order valence-corrected chi connectivity index (χ1v) is 10.6. The molecule has 0 aliphatic heterocycles. The zero-order chi connectivity index (χ0) is 23.1. The molecule has 1 aliphatic rings. The third-order valence-electron chi connectivity index (χ3n) is 5.95. The first-order chi connectivity index (χ1) is 15.9. The lowest BCUT2D eigenvalue weighted by Crippen LogP contribution is -2.24. The molecule has 0 saturated heterocycles. The maximum atomic E-state index is 14.0. The van der Waals surface area contributed by atoms with Gasteiger partial charge in [0, 0.05) is 17.0 Å². The first-order valence-electron chi connectivity index (χ1n) is 10.6. The van der Waals surface area contributed by atoms with E-state index in [1.54, 1.807) is 0 Å². The Kier molecular flexibility index (Phi) is 5.17. The summed E-state index contributed by atoms with van der Waals surface area (Å²) >= 11 is 0. The third kappa shape index (κ3) is 3.86. The summed E-state index contributed by atoms with van der Waals surface area (Å²) in [4.78, 5) is 25.7. The maximum absolute atomic E-state index is 14.0.